The number of methoxy groups -OCH3 is 1. The number of hydrogen-bond donors (Lipinski definition) is 0. The topological polar surface area (TPSA) is 38.7 Å². The van der Waals surface area contributed by atoms with E-state index in [2.05, 4.69) is 4.99 Å². The SMILES string of the molecule is COC(=O)c1cccc(C2=CC=NC2C)c1. The van der Waals surface area contributed by atoms with Crippen molar-refractivity contribution in [2.24, 2.45) is 4.99 Å². The lowest BCUT2D eigenvalue weighted by atomic mass is 9.99. The van der Waals surface area contributed by atoms with Gasteiger partial charge in [0.2, 0.25) is 0 Å². The molecular formula is C13H13NO2. The second-order valence-electron chi connectivity index (χ2n) is 3.67. The van der Waals surface area contributed by atoms with Gasteiger partial charge in [0.05, 0.1) is 18.7 Å². The van der Waals surface area contributed by atoms with Crippen molar-refractivity contribution in [3.63, 3.8) is 0 Å². The van der Waals surface area contributed by atoms with Gasteiger partial charge >= 0.3 is 5.97 Å². The van der Waals surface area contributed by atoms with E-state index < -0.39 is 0 Å². The molecule has 0 bridgehead atoms. The van der Waals surface area contributed by atoms with Gasteiger partial charge in [0.15, 0.2) is 0 Å². The monoisotopic (exact) mass is 215 g/mol. The van der Waals surface area contributed by atoms with Crippen LogP contribution in [0.1, 0.15) is 22.8 Å². The van der Waals surface area contributed by atoms with Crippen molar-refractivity contribution in [1.82, 2.24) is 0 Å². The minimum atomic E-state index is -0.311. The Morgan fingerprint density at radius 1 is 1.44 bits per heavy atom. The van der Waals surface area contributed by atoms with Crippen LogP contribution in [0.4, 0.5) is 0 Å². The minimum absolute atomic E-state index is 0.160. The average molecular weight is 215 g/mol. The third-order valence-corrected chi connectivity index (χ3v) is 2.63. The summed E-state index contributed by atoms with van der Waals surface area (Å²) in [5.74, 6) is -0.311. The van der Waals surface area contributed by atoms with Crippen LogP contribution in [-0.4, -0.2) is 25.3 Å². The van der Waals surface area contributed by atoms with E-state index in [1.165, 1.54) is 7.11 Å². The van der Waals surface area contributed by atoms with Crippen molar-refractivity contribution in [1.29, 1.82) is 0 Å². The second kappa shape index (κ2) is 4.31. The molecule has 1 aromatic rings. The molecule has 0 fully saturated rings. The van der Waals surface area contributed by atoms with Crippen molar-refractivity contribution < 1.29 is 9.53 Å². The van der Waals surface area contributed by atoms with Crippen LogP contribution in [-0.2, 0) is 4.74 Å². The highest BCUT2D eigenvalue weighted by atomic mass is 16.5. The molecule has 1 atom stereocenters. The first kappa shape index (κ1) is 10.6. The highest BCUT2D eigenvalue weighted by Crippen LogP contribution is 2.24. The number of aliphatic imine (C=N–C) groups is 1. The molecule has 1 aromatic carbocycles. The molecular weight excluding hydrogens is 202 g/mol. The fourth-order valence-electron chi connectivity index (χ4n) is 1.75. The highest BCUT2D eigenvalue weighted by Gasteiger charge is 2.14. The maximum absolute atomic E-state index is 11.4. The molecule has 0 aromatic heterocycles. The molecule has 82 valence electrons. The van der Waals surface area contributed by atoms with Crippen LogP contribution in [0.5, 0.6) is 0 Å². The predicted octanol–water partition coefficient (Wildman–Crippen LogP) is 2.33. The maximum Gasteiger partial charge on any atom is 0.337 e. The Hall–Kier alpha value is -1.90. The summed E-state index contributed by atoms with van der Waals surface area (Å²) in [6.07, 6.45) is 3.77. The van der Waals surface area contributed by atoms with Gasteiger partial charge in [-0.2, -0.15) is 0 Å². The molecule has 0 radical (unpaired) electrons. The van der Waals surface area contributed by atoms with Gasteiger partial charge in [-0.05, 0) is 36.3 Å². The van der Waals surface area contributed by atoms with E-state index in [9.17, 15) is 4.79 Å². The van der Waals surface area contributed by atoms with Gasteiger partial charge in [-0.3, -0.25) is 4.99 Å². The molecule has 0 N–H and O–H groups in total. The number of benzene rings is 1. The van der Waals surface area contributed by atoms with Gasteiger partial charge in [0, 0.05) is 6.21 Å². The number of nitrogens with zero attached hydrogens (tertiary/aromatic N) is 1. The lowest BCUT2D eigenvalue weighted by Gasteiger charge is -2.08. The summed E-state index contributed by atoms with van der Waals surface area (Å²) in [7, 11) is 1.38. The van der Waals surface area contributed by atoms with Gasteiger partial charge in [-0.15, -0.1) is 0 Å². The zero-order chi connectivity index (χ0) is 11.5. The molecule has 3 heteroatoms. The first-order valence-corrected chi connectivity index (χ1v) is 5.14. The van der Waals surface area contributed by atoms with E-state index in [1.54, 1.807) is 12.3 Å². The smallest absolute Gasteiger partial charge is 0.337 e. The first-order chi connectivity index (χ1) is 7.72. The number of carbonyl (C=O) groups is 1. The lowest BCUT2D eigenvalue weighted by Crippen LogP contribution is -2.03. The minimum Gasteiger partial charge on any atom is -0.465 e. The van der Waals surface area contributed by atoms with E-state index in [0.717, 1.165) is 11.1 Å². The van der Waals surface area contributed by atoms with Crippen molar-refractivity contribution in [3.8, 4) is 0 Å². The number of ether oxygens (including phenoxy) is 1. The van der Waals surface area contributed by atoms with E-state index in [4.69, 9.17) is 4.74 Å². The largest absolute Gasteiger partial charge is 0.465 e. The standard InChI is InChI=1S/C13H13NO2/c1-9-12(6-7-14-9)10-4-3-5-11(8-10)13(15)16-2/h3-9H,1-2H3. The Bertz CT molecular complexity index is 475. The summed E-state index contributed by atoms with van der Waals surface area (Å²) in [6, 6.07) is 7.57. The number of allylic oxidation sites excluding steroid dienone is 1. The average Bonchev–Trinajstić information content (AvgIpc) is 2.74. The van der Waals surface area contributed by atoms with Crippen molar-refractivity contribution in [2.75, 3.05) is 7.11 Å². The molecule has 1 unspecified atom stereocenters. The molecule has 0 aliphatic carbocycles. The number of hydrogen-bond acceptors (Lipinski definition) is 3. The summed E-state index contributed by atoms with van der Waals surface area (Å²) >= 11 is 0. The number of rotatable bonds is 2. The first-order valence-electron chi connectivity index (χ1n) is 5.14. The van der Waals surface area contributed by atoms with Crippen LogP contribution >= 0.6 is 0 Å². The number of carbonyl (C=O) groups excluding carboxylic acids is 1. The second-order valence-corrected chi connectivity index (χ2v) is 3.67. The fourth-order valence-corrected chi connectivity index (χ4v) is 1.75. The molecule has 0 amide bonds. The Morgan fingerprint density at radius 2 is 2.25 bits per heavy atom. The molecule has 1 aliphatic rings. The van der Waals surface area contributed by atoms with Crippen LogP contribution in [0.2, 0.25) is 0 Å². The summed E-state index contributed by atoms with van der Waals surface area (Å²) in [5.41, 5.74) is 2.72. The summed E-state index contributed by atoms with van der Waals surface area (Å²) in [5, 5.41) is 0. The Labute approximate surface area is 94.5 Å². The van der Waals surface area contributed by atoms with Gasteiger partial charge in [0.25, 0.3) is 0 Å². The third-order valence-electron chi connectivity index (χ3n) is 2.63. The Morgan fingerprint density at radius 3 is 2.88 bits per heavy atom. The quantitative estimate of drug-likeness (QED) is 0.710. The van der Waals surface area contributed by atoms with E-state index in [1.807, 2.05) is 31.2 Å². The summed E-state index contributed by atoms with van der Waals surface area (Å²) < 4.78 is 4.69. The third kappa shape index (κ3) is 1.89. The van der Waals surface area contributed by atoms with Gasteiger partial charge in [-0.25, -0.2) is 4.79 Å². The number of esters is 1. The Balaban J connectivity index is 2.33. The van der Waals surface area contributed by atoms with Crippen molar-refractivity contribution >= 4 is 17.8 Å². The molecule has 2 rings (SSSR count). The van der Waals surface area contributed by atoms with Crippen molar-refractivity contribution in [3.05, 3.63) is 41.5 Å². The maximum atomic E-state index is 11.4. The van der Waals surface area contributed by atoms with E-state index in [-0.39, 0.29) is 12.0 Å². The Kier molecular flexibility index (Phi) is 2.86. The fraction of sp³-hybridized carbons (Fsp3) is 0.231. The van der Waals surface area contributed by atoms with Crippen LogP contribution in [0, 0.1) is 0 Å². The van der Waals surface area contributed by atoms with Crippen molar-refractivity contribution in [2.45, 2.75) is 13.0 Å². The van der Waals surface area contributed by atoms with Crippen LogP contribution < -0.4 is 0 Å². The molecule has 1 heterocycles. The molecule has 0 spiro atoms. The molecule has 0 saturated carbocycles. The normalized spacial score (nSPS) is 18.4. The summed E-state index contributed by atoms with van der Waals surface area (Å²) in [4.78, 5) is 15.6. The molecule has 3 nitrogen and oxygen atoms in total. The predicted molar refractivity (Wildman–Crippen MR) is 63.7 cm³/mol. The van der Waals surface area contributed by atoms with E-state index >= 15 is 0 Å². The van der Waals surface area contributed by atoms with Crippen LogP contribution in [0.15, 0.2) is 35.3 Å². The zero-order valence-electron chi connectivity index (χ0n) is 9.31. The van der Waals surface area contributed by atoms with Gasteiger partial charge in [0.1, 0.15) is 0 Å². The van der Waals surface area contributed by atoms with Gasteiger partial charge < -0.3 is 4.74 Å². The zero-order valence-corrected chi connectivity index (χ0v) is 9.31. The molecule has 16 heavy (non-hydrogen) atoms. The molecule has 1 aliphatic heterocycles. The van der Waals surface area contributed by atoms with Crippen LogP contribution in [0.3, 0.4) is 0 Å². The van der Waals surface area contributed by atoms with E-state index in [0.29, 0.717) is 5.56 Å². The molecule has 0 saturated heterocycles. The van der Waals surface area contributed by atoms with Crippen LogP contribution in [0.25, 0.3) is 5.57 Å². The highest BCUT2D eigenvalue weighted by molar-refractivity contribution is 5.94. The lowest BCUT2D eigenvalue weighted by molar-refractivity contribution is 0.0600. The van der Waals surface area contributed by atoms with Gasteiger partial charge in [-0.1, -0.05) is 12.1 Å². The summed E-state index contributed by atoms with van der Waals surface area (Å²) in [6.45, 7) is 2.03.